The van der Waals surface area contributed by atoms with Crippen LogP contribution in [-0.4, -0.2) is 35.4 Å². The molecule has 0 saturated carbocycles. The summed E-state index contributed by atoms with van der Waals surface area (Å²) in [4.78, 5) is 19.1. The molecule has 1 aromatic carbocycles. The summed E-state index contributed by atoms with van der Waals surface area (Å²) in [6, 6.07) is 14.5. The summed E-state index contributed by atoms with van der Waals surface area (Å²) in [6.07, 6.45) is 8.64. The van der Waals surface area contributed by atoms with Crippen LogP contribution < -0.4 is 5.32 Å². The van der Waals surface area contributed by atoms with E-state index >= 15 is 0 Å². The molecule has 0 atom stereocenters. The number of pyridine rings is 1. The van der Waals surface area contributed by atoms with E-state index in [4.69, 9.17) is 0 Å². The van der Waals surface area contributed by atoms with Crippen LogP contribution in [0.4, 0.5) is 5.69 Å². The van der Waals surface area contributed by atoms with E-state index in [0.717, 1.165) is 51.0 Å². The molecule has 1 fully saturated rings. The second-order valence-corrected chi connectivity index (χ2v) is 7.49. The maximum absolute atomic E-state index is 12.7. The van der Waals surface area contributed by atoms with Crippen molar-refractivity contribution in [1.82, 2.24) is 9.88 Å². The summed E-state index contributed by atoms with van der Waals surface area (Å²) in [5, 5.41) is 3.37. The van der Waals surface area contributed by atoms with E-state index in [0.29, 0.717) is 11.6 Å². The Bertz CT molecular complexity index is 691. The van der Waals surface area contributed by atoms with E-state index in [2.05, 4.69) is 47.6 Å². The number of benzene rings is 1. The first kappa shape index (κ1) is 19.4. The molecule has 0 radical (unpaired) electrons. The Labute approximate surface area is 163 Å². The molecule has 0 spiro atoms. The van der Waals surface area contributed by atoms with Crippen molar-refractivity contribution in [2.75, 3.05) is 25.0 Å². The highest BCUT2D eigenvalue weighted by atomic mass is 16.2. The highest BCUT2D eigenvalue weighted by Crippen LogP contribution is 2.22. The van der Waals surface area contributed by atoms with Crippen LogP contribution in [0, 0.1) is 5.92 Å². The van der Waals surface area contributed by atoms with Crippen LogP contribution in [0.25, 0.3) is 0 Å². The number of rotatable bonds is 8. The number of hydrogen-bond donors (Lipinski definition) is 1. The zero-order valence-electron chi connectivity index (χ0n) is 16.4. The number of anilines is 1. The van der Waals surface area contributed by atoms with Gasteiger partial charge in [-0.05, 0) is 49.3 Å². The molecule has 1 aliphatic heterocycles. The highest BCUT2D eigenvalue weighted by molar-refractivity contribution is 5.92. The van der Waals surface area contributed by atoms with Crippen LogP contribution in [0.5, 0.6) is 0 Å². The van der Waals surface area contributed by atoms with Crippen molar-refractivity contribution in [3.05, 3.63) is 59.9 Å². The van der Waals surface area contributed by atoms with Crippen molar-refractivity contribution in [1.29, 1.82) is 0 Å². The van der Waals surface area contributed by atoms with Gasteiger partial charge in [0.05, 0.1) is 11.9 Å². The molecular weight excluding hydrogens is 334 g/mol. The SMILES string of the molecule is CCCCCNc1ccc(C(=O)N2CCC(Cc3ccccc3)CC2)nc1. The first-order chi connectivity index (χ1) is 13.3. The van der Waals surface area contributed by atoms with Crippen LogP contribution in [0.1, 0.15) is 55.1 Å². The topological polar surface area (TPSA) is 45.2 Å². The molecule has 27 heavy (non-hydrogen) atoms. The minimum Gasteiger partial charge on any atom is -0.384 e. The smallest absolute Gasteiger partial charge is 0.272 e. The number of nitrogens with zero attached hydrogens (tertiary/aromatic N) is 2. The number of unbranched alkanes of at least 4 members (excludes halogenated alkanes) is 2. The molecule has 1 amide bonds. The lowest BCUT2D eigenvalue weighted by Gasteiger charge is -2.32. The normalized spacial score (nSPS) is 14.9. The number of likely N-dealkylation sites (tertiary alicyclic amines) is 1. The molecule has 144 valence electrons. The second-order valence-electron chi connectivity index (χ2n) is 7.49. The van der Waals surface area contributed by atoms with Gasteiger partial charge in [0.15, 0.2) is 0 Å². The molecule has 0 unspecified atom stereocenters. The summed E-state index contributed by atoms with van der Waals surface area (Å²) >= 11 is 0. The van der Waals surface area contributed by atoms with E-state index < -0.39 is 0 Å². The Morgan fingerprint density at radius 1 is 1.11 bits per heavy atom. The van der Waals surface area contributed by atoms with Gasteiger partial charge in [0.2, 0.25) is 0 Å². The minimum atomic E-state index is 0.0608. The van der Waals surface area contributed by atoms with Crippen molar-refractivity contribution in [2.45, 2.75) is 45.4 Å². The van der Waals surface area contributed by atoms with Crippen molar-refractivity contribution >= 4 is 11.6 Å². The maximum Gasteiger partial charge on any atom is 0.272 e. The van der Waals surface area contributed by atoms with E-state index in [1.54, 1.807) is 6.20 Å². The average Bonchev–Trinajstić information content (AvgIpc) is 2.72. The average molecular weight is 366 g/mol. The summed E-state index contributed by atoms with van der Waals surface area (Å²) in [5.41, 5.74) is 2.94. The summed E-state index contributed by atoms with van der Waals surface area (Å²) < 4.78 is 0. The molecule has 2 aromatic rings. The monoisotopic (exact) mass is 365 g/mol. The van der Waals surface area contributed by atoms with Gasteiger partial charge < -0.3 is 10.2 Å². The molecule has 3 rings (SSSR count). The van der Waals surface area contributed by atoms with E-state index in [-0.39, 0.29) is 5.91 Å². The Balaban J connectivity index is 1.46. The van der Waals surface area contributed by atoms with Gasteiger partial charge in [0.1, 0.15) is 5.69 Å². The largest absolute Gasteiger partial charge is 0.384 e. The minimum absolute atomic E-state index is 0.0608. The number of piperidine rings is 1. The molecule has 4 heteroatoms. The van der Waals surface area contributed by atoms with Gasteiger partial charge in [-0.2, -0.15) is 0 Å². The molecule has 4 nitrogen and oxygen atoms in total. The fourth-order valence-electron chi connectivity index (χ4n) is 3.68. The Kier molecular flexibility index (Phi) is 7.26. The predicted molar refractivity (Wildman–Crippen MR) is 111 cm³/mol. The predicted octanol–water partition coefficient (Wildman–Crippen LogP) is 4.78. The van der Waals surface area contributed by atoms with Gasteiger partial charge in [0.25, 0.3) is 5.91 Å². The summed E-state index contributed by atoms with van der Waals surface area (Å²) in [5.74, 6) is 0.727. The standard InChI is InChI=1S/C23H31N3O/c1-2-3-7-14-24-21-10-11-22(25-18-21)23(27)26-15-12-20(13-16-26)17-19-8-5-4-6-9-19/h4-6,8-11,18,20,24H,2-3,7,12-17H2,1H3. The Hall–Kier alpha value is -2.36. The number of carbonyl (C=O) groups is 1. The van der Waals surface area contributed by atoms with Gasteiger partial charge in [-0.25, -0.2) is 4.98 Å². The molecule has 1 saturated heterocycles. The van der Waals surface area contributed by atoms with E-state index in [9.17, 15) is 4.79 Å². The van der Waals surface area contributed by atoms with Crippen molar-refractivity contribution in [3.63, 3.8) is 0 Å². The third-order valence-electron chi connectivity index (χ3n) is 5.36. The number of aromatic nitrogens is 1. The van der Waals surface area contributed by atoms with Crippen LogP contribution in [0.15, 0.2) is 48.7 Å². The lowest BCUT2D eigenvalue weighted by atomic mass is 9.90. The third-order valence-corrected chi connectivity index (χ3v) is 5.36. The zero-order chi connectivity index (χ0) is 18.9. The summed E-state index contributed by atoms with van der Waals surface area (Å²) in [7, 11) is 0. The van der Waals surface area contributed by atoms with E-state index in [1.165, 1.54) is 18.4 Å². The molecule has 1 aromatic heterocycles. The van der Waals surface area contributed by atoms with E-state index in [1.807, 2.05) is 17.0 Å². The zero-order valence-corrected chi connectivity index (χ0v) is 16.4. The highest BCUT2D eigenvalue weighted by Gasteiger charge is 2.24. The fraction of sp³-hybridized carbons (Fsp3) is 0.478. The summed E-state index contributed by atoms with van der Waals surface area (Å²) in [6.45, 7) is 4.81. The van der Waals surface area contributed by atoms with Gasteiger partial charge in [0, 0.05) is 19.6 Å². The number of carbonyl (C=O) groups excluding carboxylic acids is 1. The number of amides is 1. The first-order valence-corrected chi connectivity index (χ1v) is 10.3. The molecule has 1 N–H and O–H groups in total. The van der Waals surface area contributed by atoms with Gasteiger partial charge in [-0.1, -0.05) is 50.1 Å². The van der Waals surface area contributed by atoms with Crippen molar-refractivity contribution in [3.8, 4) is 0 Å². The fourth-order valence-corrected chi connectivity index (χ4v) is 3.68. The van der Waals surface area contributed by atoms with Crippen LogP contribution in [0.3, 0.4) is 0 Å². The van der Waals surface area contributed by atoms with Crippen LogP contribution >= 0.6 is 0 Å². The van der Waals surface area contributed by atoms with Crippen molar-refractivity contribution in [2.24, 2.45) is 5.92 Å². The lowest BCUT2D eigenvalue weighted by molar-refractivity contribution is 0.0684. The second kappa shape index (κ2) is 10.1. The number of nitrogens with one attached hydrogen (secondary N) is 1. The van der Waals surface area contributed by atoms with Crippen LogP contribution in [0.2, 0.25) is 0 Å². The molecule has 0 aliphatic carbocycles. The lowest BCUT2D eigenvalue weighted by Crippen LogP contribution is -2.39. The van der Waals surface area contributed by atoms with Gasteiger partial charge in [-0.15, -0.1) is 0 Å². The molecule has 2 heterocycles. The first-order valence-electron chi connectivity index (χ1n) is 10.3. The molecule has 1 aliphatic rings. The van der Waals surface area contributed by atoms with Gasteiger partial charge in [-0.3, -0.25) is 4.79 Å². The van der Waals surface area contributed by atoms with Crippen molar-refractivity contribution < 1.29 is 4.79 Å². The molecule has 0 bridgehead atoms. The Morgan fingerprint density at radius 2 is 1.89 bits per heavy atom. The Morgan fingerprint density at radius 3 is 2.56 bits per heavy atom. The third kappa shape index (κ3) is 5.81. The molecular formula is C23H31N3O. The number of hydrogen-bond acceptors (Lipinski definition) is 3. The quantitative estimate of drug-likeness (QED) is 0.685. The van der Waals surface area contributed by atoms with Gasteiger partial charge >= 0.3 is 0 Å². The maximum atomic E-state index is 12.7. The van der Waals surface area contributed by atoms with Crippen LogP contribution in [-0.2, 0) is 6.42 Å².